The Hall–Kier alpha value is -3.07. The number of carbonyl (C=O) groups excluding carboxylic acids is 1. The largest absolute Gasteiger partial charge is 0.465 e. The van der Waals surface area contributed by atoms with E-state index in [0.717, 1.165) is 0 Å². The number of methoxy groups -OCH3 is 1. The molecule has 0 aliphatic heterocycles. The van der Waals surface area contributed by atoms with E-state index in [2.05, 4.69) is 10.6 Å². The lowest BCUT2D eigenvalue weighted by Gasteiger charge is -2.30. The number of hydrogen-bond acceptors (Lipinski definition) is 4. The Balaban J connectivity index is 2.38. The van der Waals surface area contributed by atoms with Crippen molar-refractivity contribution in [3.8, 4) is 5.69 Å². The molecule has 2 amide bonds. The van der Waals surface area contributed by atoms with Gasteiger partial charge in [0, 0.05) is 26.6 Å². The molecule has 2 aromatic rings. The third-order valence-electron chi connectivity index (χ3n) is 5.18. The second kappa shape index (κ2) is 8.95. The number of rotatable bonds is 8. The van der Waals surface area contributed by atoms with E-state index in [0.29, 0.717) is 11.4 Å². The van der Waals surface area contributed by atoms with Gasteiger partial charge in [-0.1, -0.05) is 39.0 Å². The van der Waals surface area contributed by atoms with Gasteiger partial charge in [0.2, 0.25) is 5.91 Å². The van der Waals surface area contributed by atoms with Crippen LogP contribution in [0.15, 0.2) is 35.1 Å². The van der Waals surface area contributed by atoms with Crippen LogP contribution in [0.1, 0.15) is 26.5 Å². The molecule has 0 spiro atoms. The number of carbonyl (C=O) groups is 2. The van der Waals surface area contributed by atoms with E-state index in [9.17, 15) is 14.4 Å². The third-order valence-corrected chi connectivity index (χ3v) is 5.18. The number of aromatic nitrogens is 2. The predicted molar refractivity (Wildman–Crippen MR) is 109 cm³/mol. The quantitative estimate of drug-likeness (QED) is 0.624. The van der Waals surface area contributed by atoms with Crippen molar-refractivity contribution in [1.29, 1.82) is 0 Å². The highest BCUT2D eigenvalue weighted by Gasteiger charge is 2.33. The van der Waals surface area contributed by atoms with Crippen molar-refractivity contribution >= 4 is 17.7 Å². The fourth-order valence-corrected chi connectivity index (χ4v) is 2.98. The van der Waals surface area contributed by atoms with Crippen molar-refractivity contribution in [3.05, 3.63) is 46.4 Å². The van der Waals surface area contributed by atoms with Crippen molar-refractivity contribution in [3.63, 3.8) is 0 Å². The predicted octanol–water partition coefficient (Wildman–Crippen LogP) is 2.19. The molecule has 9 nitrogen and oxygen atoms in total. The number of anilines is 1. The van der Waals surface area contributed by atoms with Crippen LogP contribution in [0.4, 0.5) is 10.5 Å². The number of benzene rings is 1. The Morgan fingerprint density at radius 3 is 2.41 bits per heavy atom. The van der Waals surface area contributed by atoms with Crippen LogP contribution in [0.2, 0.25) is 0 Å². The Kier molecular flexibility index (Phi) is 6.86. The summed E-state index contributed by atoms with van der Waals surface area (Å²) in [6.07, 6.45) is -1.15. The van der Waals surface area contributed by atoms with Gasteiger partial charge in [0.25, 0.3) is 5.56 Å². The highest BCUT2D eigenvalue weighted by molar-refractivity contribution is 5.93. The SMILES string of the molecule is COCc1c(NC(=O)C(C)C(C)(C)CNC(=O)O)c(=O)n(-c2ccccc2)n1C. The Morgan fingerprint density at radius 1 is 1.24 bits per heavy atom. The summed E-state index contributed by atoms with van der Waals surface area (Å²) in [4.78, 5) is 36.8. The summed E-state index contributed by atoms with van der Waals surface area (Å²) in [5.41, 5.74) is 0.321. The van der Waals surface area contributed by atoms with E-state index >= 15 is 0 Å². The van der Waals surface area contributed by atoms with Crippen LogP contribution >= 0.6 is 0 Å². The summed E-state index contributed by atoms with van der Waals surface area (Å²) < 4.78 is 8.34. The number of para-hydroxylation sites is 1. The molecular weight excluding hydrogens is 376 g/mol. The minimum atomic E-state index is -1.15. The van der Waals surface area contributed by atoms with Crippen LogP contribution in [0.3, 0.4) is 0 Å². The normalized spacial score (nSPS) is 12.4. The van der Waals surface area contributed by atoms with E-state index in [1.54, 1.807) is 44.6 Å². The van der Waals surface area contributed by atoms with Crippen LogP contribution in [0.25, 0.3) is 5.69 Å². The van der Waals surface area contributed by atoms with Gasteiger partial charge >= 0.3 is 6.09 Å². The first-order chi connectivity index (χ1) is 13.6. The summed E-state index contributed by atoms with van der Waals surface area (Å²) >= 11 is 0. The topological polar surface area (TPSA) is 115 Å². The molecule has 0 fully saturated rings. The number of nitrogens with one attached hydrogen (secondary N) is 2. The molecule has 9 heteroatoms. The van der Waals surface area contributed by atoms with Crippen molar-refractivity contribution in [1.82, 2.24) is 14.7 Å². The Labute approximate surface area is 169 Å². The average molecular weight is 404 g/mol. The van der Waals surface area contributed by atoms with Crippen LogP contribution in [-0.2, 0) is 23.2 Å². The molecule has 0 saturated carbocycles. The summed E-state index contributed by atoms with van der Waals surface area (Å²) in [6.45, 7) is 5.52. The molecule has 2 rings (SSSR count). The number of carboxylic acid groups (broad SMARTS) is 1. The Morgan fingerprint density at radius 2 is 1.86 bits per heavy atom. The van der Waals surface area contributed by atoms with Gasteiger partial charge in [0.15, 0.2) is 0 Å². The van der Waals surface area contributed by atoms with E-state index in [4.69, 9.17) is 9.84 Å². The van der Waals surface area contributed by atoms with Gasteiger partial charge in [-0.15, -0.1) is 0 Å². The number of amides is 2. The van der Waals surface area contributed by atoms with Crippen molar-refractivity contribution in [2.75, 3.05) is 19.0 Å². The summed E-state index contributed by atoms with van der Waals surface area (Å²) in [6, 6.07) is 9.09. The molecule has 1 unspecified atom stereocenters. The molecule has 0 aliphatic rings. The molecule has 1 heterocycles. The maximum Gasteiger partial charge on any atom is 0.404 e. The van der Waals surface area contributed by atoms with Gasteiger partial charge in [-0.3, -0.25) is 14.3 Å². The average Bonchev–Trinajstić information content (AvgIpc) is 2.90. The number of nitrogens with zero attached hydrogens (tertiary/aromatic N) is 2. The second-order valence-electron chi connectivity index (χ2n) is 7.59. The second-order valence-corrected chi connectivity index (χ2v) is 7.59. The molecule has 1 aromatic carbocycles. The molecule has 0 bridgehead atoms. The van der Waals surface area contributed by atoms with Crippen molar-refractivity contribution in [2.24, 2.45) is 18.4 Å². The fraction of sp³-hybridized carbons (Fsp3) is 0.450. The number of ether oxygens (including phenoxy) is 1. The van der Waals surface area contributed by atoms with E-state index < -0.39 is 17.4 Å². The lowest BCUT2D eigenvalue weighted by atomic mass is 9.79. The molecule has 0 aliphatic carbocycles. The minimum Gasteiger partial charge on any atom is -0.465 e. The van der Waals surface area contributed by atoms with Crippen molar-refractivity contribution < 1.29 is 19.4 Å². The lowest BCUT2D eigenvalue weighted by Crippen LogP contribution is -2.42. The first-order valence-electron chi connectivity index (χ1n) is 9.23. The molecule has 3 N–H and O–H groups in total. The molecule has 1 aromatic heterocycles. The van der Waals surface area contributed by atoms with Crippen LogP contribution in [0, 0.1) is 11.3 Å². The maximum atomic E-state index is 13.1. The smallest absolute Gasteiger partial charge is 0.404 e. The van der Waals surface area contributed by atoms with Gasteiger partial charge in [-0.05, 0) is 17.5 Å². The van der Waals surface area contributed by atoms with Gasteiger partial charge in [0.05, 0.1) is 18.0 Å². The fourth-order valence-electron chi connectivity index (χ4n) is 2.98. The zero-order valence-corrected chi connectivity index (χ0v) is 17.4. The molecule has 29 heavy (non-hydrogen) atoms. The molecule has 158 valence electrons. The van der Waals surface area contributed by atoms with Gasteiger partial charge in [-0.2, -0.15) is 0 Å². The summed E-state index contributed by atoms with van der Waals surface area (Å²) in [5, 5.41) is 13.9. The van der Waals surface area contributed by atoms with E-state index in [1.165, 1.54) is 11.8 Å². The lowest BCUT2D eigenvalue weighted by molar-refractivity contribution is -0.122. The van der Waals surface area contributed by atoms with E-state index in [-0.39, 0.29) is 30.3 Å². The van der Waals surface area contributed by atoms with Crippen molar-refractivity contribution in [2.45, 2.75) is 27.4 Å². The minimum absolute atomic E-state index is 0.102. The van der Waals surface area contributed by atoms with Crippen LogP contribution in [0.5, 0.6) is 0 Å². The maximum absolute atomic E-state index is 13.1. The van der Waals surface area contributed by atoms with Gasteiger partial charge in [-0.25, -0.2) is 9.48 Å². The zero-order chi connectivity index (χ0) is 21.8. The molecule has 0 saturated heterocycles. The van der Waals surface area contributed by atoms with Gasteiger partial charge < -0.3 is 20.5 Å². The first kappa shape index (κ1) is 22.2. The van der Waals surface area contributed by atoms with Gasteiger partial charge in [0.1, 0.15) is 5.69 Å². The standard InChI is InChI=1S/C20H28N4O5/c1-13(20(2,3)12-21-19(27)28)17(25)22-16-15(11-29-5)23(4)24(18(16)26)14-9-7-6-8-10-14/h6-10,13,21H,11-12H2,1-5H3,(H,22,25)(H,27,28). The van der Waals surface area contributed by atoms with Crippen LogP contribution in [-0.4, -0.2) is 40.1 Å². The highest BCUT2D eigenvalue weighted by Crippen LogP contribution is 2.27. The third kappa shape index (κ3) is 4.86. The molecule has 1 atom stereocenters. The summed E-state index contributed by atoms with van der Waals surface area (Å²) in [5.74, 6) is -0.933. The Bertz CT molecular complexity index is 930. The molecule has 0 radical (unpaired) electrons. The highest BCUT2D eigenvalue weighted by atomic mass is 16.5. The zero-order valence-electron chi connectivity index (χ0n) is 17.4. The van der Waals surface area contributed by atoms with Crippen LogP contribution < -0.4 is 16.2 Å². The number of hydrogen-bond donors (Lipinski definition) is 3. The summed E-state index contributed by atoms with van der Waals surface area (Å²) in [7, 11) is 3.24. The monoisotopic (exact) mass is 404 g/mol. The first-order valence-corrected chi connectivity index (χ1v) is 9.23. The van der Waals surface area contributed by atoms with E-state index in [1.807, 2.05) is 18.2 Å². The molecular formula is C20H28N4O5.